The molecule has 2 aromatic carbocycles. The molecule has 9 heteroatoms. The zero-order chi connectivity index (χ0) is 17.7. The van der Waals surface area contributed by atoms with Crippen LogP contribution in [0.1, 0.15) is 18.4 Å². The minimum atomic E-state index is -4.97. The first-order valence-corrected chi connectivity index (χ1v) is 8.29. The summed E-state index contributed by atoms with van der Waals surface area (Å²) in [6, 6.07) is 8.18. The third kappa shape index (κ3) is 2.57. The largest absolute Gasteiger partial charge is 0.247 e. The third-order valence-corrected chi connectivity index (χ3v) is 5.40. The highest BCUT2D eigenvalue weighted by molar-refractivity contribution is 7.89. The molecule has 3 nitrogen and oxygen atoms in total. The lowest BCUT2D eigenvalue weighted by Gasteiger charge is -2.19. The highest BCUT2D eigenvalue weighted by Crippen LogP contribution is 2.46. The van der Waals surface area contributed by atoms with E-state index in [4.69, 9.17) is 0 Å². The maximum atomic E-state index is 13.8. The van der Waals surface area contributed by atoms with Gasteiger partial charge in [-0.15, -0.1) is 0 Å². The van der Waals surface area contributed by atoms with Gasteiger partial charge in [0.2, 0.25) is 15.8 Å². The topological polar surface area (TPSA) is 46.2 Å². The monoisotopic (exact) mass is 363 g/mol. The van der Waals surface area contributed by atoms with Crippen molar-refractivity contribution >= 4 is 10.0 Å². The molecule has 1 aliphatic rings. The average Bonchev–Trinajstić information content (AvgIpc) is 3.32. The number of nitrogens with one attached hydrogen (secondary N) is 1. The van der Waals surface area contributed by atoms with Crippen molar-refractivity contribution in [2.24, 2.45) is 0 Å². The number of halogens is 5. The number of benzene rings is 2. The third-order valence-electron chi connectivity index (χ3n) is 3.84. The number of sulfonamides is 1. The van der Waals surface area contributed by atoms with Gasteiger partial charge in [0.1, 0.15) is 0 Å². The Kier molecular flexibility index (Phi) is 3.88. The van der Waals surface area contributed by atoms with Crippen molar-refractivity contribution in [3.8, 4) is 0 Å². The highest BCUT2D eigenvalue weighted by atomic mass is 32.2. The molecule has 0 spiro atoms. The molecule has 0 amide bonds. The van der Waals surface area contributed by atoms with Gasteiger partial charge in [0, 0.05) is 0 Å². The van der Waals surface area contributed by atoms with E-state index in [2.05, 4.69) is 4.72 Å². The van der Waals surface area contributed by atoms with Crippen LogP contribution in [-0.2, 0) is 15.6 Å². The van der Waals surface area contributed by atoms with Gasteiger partial charge >= 0.3 is 0 Å². The highest BCUT2D eigenvalue weighted by Gasteiger charge is 2.49. The molecule has 1 saturated carbocycles. The number of hydrogen-bond donors (Lipinski definition) is 1. The van der Waals surface area contributed by atoms with Crippen LogP contribution in [0.2, 0.25) is 0 Å². The smallest absolute Gasteiger partial charge is 0.207 e. The van der Waals surface area contributed by atoms with Gasteiger partial charge in [-0.05, 0) is 18.4 Å². The molecule has 1 N–H and O–H groups in total. The molecule has 24 heavy (non-hydrogen) atoms. The van der Waals surface area contributed by atoms with E-state index in [9.17, 15) is 30.4 Å². The van der Waals surface area contributed by atoms with Gasteiger partial charge < -0.3 is 0 Å². The molecule has 0 saturated heterocycles. The first kappa shape index (κ1) is 16.8. The lowest BCUT2D eigenvalue weighted by atomic mass is 10.1. The van der Waals surface area contributed by atoms with Crippen molar-refractivity contribution in [3.05, 3.63) is 65.0 Å². The summed E-state index contributed by atoms with van der Waals surface area (Å²) in [5.74, 6) is -11.8. The minimum Gasteiger partial charge on any atom is -0.207 e. The number of hydrogen-bond acceptors (Lipinski definition) is 2. The number of rotatable bonds is 4. The molecule has 3 rings (SSSR count). The Hall–Kier alpha value is -2.00. The minimum absolute atomic E-state index is 0.339. The Balaban J connectivity index is 2.08. The van der Waals surface area contributed by atoms with Gasteiger partial charge in [-0.1, -0.05) is 30.3 Å². The lowest BCUT2D eigenvalue weighted by Crippen LogP contribution is -2.36. The maximum absolute atomic E-state index is 13.8. The predicted octanol–water partition coefficient (Wildman–Crippen LogP) is 3.35. The summed E-state index contributed by atoms with van der Waals surface area (Å²) in [7, 11) is -4.97. The second-order valence-corrected chi connectivity index (χ2v) is 7.07. The molecule has 2 aromatic rings. The van der Waals surface area contributed by atoms with Crippen LogP contribution < -0.4 is 4.72 Å². The van der Waals surface area contributed by atoms with Gasteiger partial charge in [0.05, 0.1) is 5.54 Å². The van der Waals surface area contributed by atoms with Crippen molar-refractivity contribution in [1.82, 2.24) is 4.72 Å². The molecule has 0 aromatic heterocycles. The standard InChI is InChI=1S/C15H10F5NO2S/c16-9-10(17)12(19)14(13(20)11(9)18)24(22,23)21-15(6-7-15)8-4-2-1-3-5-8/h1-5,21H,6-7H2. The van der Waals surface area contributed by atoms with Crippen LogP contribution in [0.25, 0.3) is 0 Å². The molecule has 1 aliphatic carbocycles. The first-order valence-electron chi connectivity index (χ1n) is 6.80. The summed E-state index contributed by atoms with van der Waals surface area (Å²) < 4.78 is 93.7. The zero-order valence-corrected chi connectivity index (χ0v) is 12.7. The molecule has 0 bridgehead atoms. The fraction of sp³-hybridized carbons (Fsp3) is 0.200. The second kappa shape index (κ2) is 5.52. The van der Waals surface area contributed by atoms with Crippen LogP contribution in [0.15, 0.2) is 35.2 Å². The molecule has 0 aliphatic heterocycles. The predicted molar refractivity (Wildman–Crippen MR) is 73.9 cm³/mol. The summed E-state index contributed by atoms with van der Waals surface area (Å²) in [6.07, 6.45) is 0.678. The van der Waals surface area contributed by atoms with E-state index < -0.39 is 49.5 Å². The first-order chi connectivity index (χ1) is 11.2. The van der Waals surface area contributed by atoms with Crippen LogP contribution in [0, 0.1) is 29.1 Å². The van der Waals surface area contributed by atoms with Gasteiger partial charge in [0.25, 0.3) is 0 Å². The fourth-order valence-corrected chi connectivity index (χ4v) is 4.05. The van der Waals surface area contributed by atoms with Crippen LogP contribution in [0.5, 0.6) is 0 Å². The van der Waals surface area contributed by atoms with E-state index in [1.165, 1.54) is 0 Å². The molecular weight excluding hydrogens is 353 g/mol. The van der Waals surface area contributed by atoms with E-state index in [1.54, 1.807) is 30.3 Å². The van der Waals surface area contributed by atoms with Crippen molar-refractivity contribution in [2.45, 2.75) is 23.3 Å². The average molecular weight is 363 g/mol. The van der Waals surface area contributed by atoms with Gasteiger partial charge in [-0.3, -0.25) is 0 Å². The molecule has 128 valence electrons. The Bertz CT molecular complexity index is 882. The van der Waals surface area contributed by atoms with Crippen molar-refractivity contribution in [3.63, 3.8) is 0 Å². The quantitative estimate of drug-likeness (QED) is 0.514. The van der Waals surface area contributed by atoms with Crippen LogP contribution >= 0.6 is 0 Å². The molecule has 0 atom stereocenters. The molecule has 1 fully saturated rings. The van der Waals surface area contributed by atoms with Crippen molar-refractivity contribution in [2.75, 3.05) is 0 Å². The molecule has 0 unspecified atom stereocenters. The summed E-state index contributed by atoms with van der Waals surface area (Å²) in [5.41, 5.74) is -0.571. The van der Waals surface area contributed by atoms with Crippen molar-refractivity contribution < 1.29 is 30.4 Å². The summed E-state index contributed by atoms with van der Waals surface area (Å²) in [4.78, 5) is -1.87. The van der Waals surface area contributed by atoms with E-state index in [0.29, 0.717) is 18.4 Å². The van der Waals surface area contributed by atoms with Gasteiger partial charge in [-0.2, -0.15) is 0 Å². The van der Waals surface area contributed by atoms with E-state index in [1.807, 2.05) is 0 Å². The Morgan fingerprint density at radius 2 is 1.25 bits per heavy atom. The Morgan fingerprint density at radius 3 is 1.71 bits per heavy atom. The lowest BCUT2D eigenvalue weighted by molar-refractivity contribution is 0.356. The van der Waals surface area contributed by atoms with Gasteiger partial charge in [-0.25, -0.2) is 35.1 Å². The summed E-state index contributed by atoms with van der Waals surface area (Å²) in [5, 5.41) is 0. The Labute approximate surface area is 134 Å². The van der Waals surface area contributed by atoms with Crippen LogP contribution in [0.3, 0.4) is 0 Å². The van der Waals surface area contributed by atoms with E-state index in [0.717, 1.165) is 0 Å². The Morgan fingerprint density at radius 1 is 0.792 bits per heavy atom. The zero-order valence-electron chi connectivity index (χ0n) is 11.9. The fourth-order valence-electron chi connectivity index (χ4n) is 2.46. The van der Waals surface area contributed by atoms with E-state index in [-0.39, 0.29) is 0 Å². The normalized spacial score (nSPS) is 16.2. The second-order valence-electron chi connectivity index (χ2n) is 5.45. The SMILES string of the molecule is O=S(=O)(NC1(c2ccccc2)CC1)c1c(F)c(F)c(F)c(F)c1F. The molecule has 0 radical (unpaired) electrons. The summed E-state index contributed by atoms with van der Waals surface area (Å²) >= 11 is 0. The maximum Gasteiger partial charge on any atom is 0.247 e. The van der Waals surface area contributed by atoms with Crippen LogP contribution in [0.4, 0.5) is 22.0 Å². The van der Waals surface area contributed by atoms with E-state index >= 15 is 0 Å². The van der Waals surface area contributed by atoms with Crippen LogP contribution in [-0.4, -0.2) is 8.42 Å². The van der Waals surface area contributed by atoms with Crippen molar-refractivity contribution in [1.29, 1.82) is 0 Å². The molecule has 0 heterocycles. The molecular formula is C15H10F5NO2S. The summed E-state index contributed by atoms with van der Waals surface area (Å²) in [6.45, 7) is 0. The van der Waals surface area contributed by atoms with Gasteiger partial charge in [0.15, 0.2) is 28.2 Å².